The van der Waals surface area contributed by atoms with Gasteiger partial charge in [-0.25, -0.2) is 0 Å². The maximum atomic E-state index is 5.57. The second kappa shape index (κ2) is 4.28. The SMILES string of the molecule is Nc1cnn(Cc2nc(-c3cccnc3)no2)c1. The monoisotopic (exact) mass is 242 g/mol. The molecule has 0 unspecified atom stereocenters. The lowest BCUT2D eigenvalue weighted by Crippen LogP contribution is -2.00. The zero-order valence-corrected chi connectivity index (χ0v) is 9.39. The van der Waals surface area contributed by atoms with E-state index in [0.29, 0.717) is 23.9 Å². The summed E-state index contributed by atoms with van der Waals surface area (Å²) in [5.74, 6) is 0.982. The Hall–Kier alpha value is -2.70. The average Bonchev–Trinajstić information content (AvgIpc) is 3.01. The Morgan fingerprint density at radius 3 is 3.00 bits per heavy atom. The summed E-state index contributed by atoms with van der Waals surface area (Å²) in [6.07, 6.45) is 6.64. The minimum Gasteiger partial charge on any atom is -0.396 e. The van der Waals surface area contributed by atoms with Crippen LogP contribution in [0, 0.1) is 0 Å². The van der Waals surface area contributed by atoms with E-state index in [0.717, 1.165) is 5.56 Å². The van der Waals surface area contributed by atoms with Crippen molar-refractivity contribution in [3.63, 3.8) is 0 Å². The van der Waals surface area contributed by atoms with Crippen LogP contribution in [-0.2, 0) is 6.54 Å². The maximum Gasteiger partial charge on any atom is 0.248 e. The van der Waals surface area contributed by atoms with Crippen LogP contribution in [0.15, 0.2) is 41.4 Å². The first-order valence-electron chi connectivity index (χ1n) is 5.32. The molecule has 90 valence electrons. The molecule has 0 atom stereocenters. The lowest BCUT2D eigenvalue weighted by Gasteiger charge is -1.93. The summed E-state index contributed by atoms with van der Waals surface area (Å²) in [7, 11) is 0. The van der Waals surface area contributed by atoms with Crippen molar-refractivity contribution >= 4 is 5.69 Å². The Morgan fingerprint density at radius 1 is 1.33 bits per heavy atom. The lowest BCUT2D eigenvalue weighted by molar-refractivity contribution is 0.366. The van der Waals surface area contributed by atoms with Gasteiger partial charge in [0.1, 0.15) is 6.54 Å². The molecule has 0 bridgehead atoms. The number of anilines is 1. The first-order valence-corrected chi connectivity index (χ1v) is 5.32. The van der Waals surface area contributed by atoms with Gasteiger partial charge in [-0.3, -0.25) is 9.67 Å². The van der Waals surface area contributed by atoms with Gasteiger partial charge in [0.15, 0.2) is 0 Å². The Kier molecular flexibility index (Phi) is 2.49. The normalized spacial score (nSPS) is 10.7. The highest BCUT2D eigenvalue weighted by molar-refractivity contribution is 5.51. The van der Waals surface area contributed by atoms with Crippen molar-refractivity contribution < 1.29 is 4.52 Å². The molecule has 3 rings (SSSR count). The van der Waals surface area contributed by atoms with Gasteiger partial charge in [-0.05, 0) is 12.1 Å². The molecule has 0 aliphatic rings. The summed E-state index contributed by atoms with van der Waals surface area (Å²) in [6.45, 7) is 0.393. The molecule has 0 amide bonds. The molecule has 0 fully saturated rings. The van der Waals surface area contributed by atoms with E-state index in [9.17, 15) is 0 Å². The number of nitrogens with two attached hydrogens (primary N) is 1. The van der Waals surface area contributed by atoms with Crippen LogP contribution < -0.4 is 5.73 Å². The van der Waals surface area contributed by atoms with Crippen molar-refractivity contribution in [1.29, 1.82) is 0 Å². The van der Waals surface area contributed by atoms with E-state index in [2.05, 4.69) is 20.2 Å². The van der Waals surface area contributed by atoms with E-state index >= 15 is 0 Å². The molecule has 0 saturated heterocycles. The third-order valence-electron chi connectivity index (χ3n) is 2.34. The van der Waals surface area contributed by atoms with E-state index in [1.807, 2.05) is 12.1 Å². The second-order valence-corrected chi connectivity index (χ2v) is 3.72. The number of hydrogen-bond donors (Lipinski definition) is 1. The molecule has 7 heteroatoms. The van der Waals surface area contributed by atoms with Crippen LogP contribution in [-0.4, -0.2) is 24.9 Å². The van der Waals surface area contributed by atoms with Gasteiger partial charge in [-0.1, -0.05) is 5.16 Å². The molecule has 3 aromatic heterocycles. The quantitative estimate of drug-likeness (QED) is 0.734. The first-order chi connectivity index (χ1) is 8.81. The Morgan fingerprint density at radius 2 is 2.28 bits per heavy atom. The minimum atomic E-state index is 0.393. The summed E-state index contributed by atoms with van der Waals surface area (Å²) in [4.78, 5) is 8.27. The van der Waals surface area contributed by atoms with E-state index in [-0.39, 0.29) is 0 Å². The maximum absolute atomic E-state index is 5.57. The molecule has 0 aromatic carbocycles. The topological polar surface area (TPSA) is 95.7 Å². The van der Waals surface area contributed by atoms with Crippen LogP contribution in [0.4, 0.5) is 5.69 Å². The zero-order valence-electron chi connectivity index (χ0n) is 9.39. The summed E-state index contributed by atoms with van der Waals surface area (Å²) >= 11 is 0. The van der Waals surface area contributed by atoms with Gasteiger partial charge in [0.2, 0.25) is 11.7 Å². The molecular weight excluding hydrogens is 232 g/mol. The van der Waals surface area contributed by atoms with Crippen molar-refractivity contribution in [1.82, 2.24) is 24.9 Å². The molecule has 0 aliphatic heterocycles. The Labute approximate surface area is 102 Å². The van der Waals surface area contributed by atoms with Crippen molar-refractivity contribution in [2.24, 2.45) is 0 Å². The minimum absolute atomic E-state index is 0.393. The number of aromatic nitrogens is 5. The first kappa shape index (κ1) is 10.5. The predicted molar refractivity (Wildman–Crippen MR) is 63.3 cm³/mol. The van der Waals surface area contributed by atoms with Crippen molar-refractivity contribution in [3.8, 4) is 11.4 Å². The van der Waals surface area contributed by atoms with Gasteiger partial charge in [0, 0.05) is 24.2 Å². The molecule has 0 spiro atoms. The molecule has 0 saturated carbocycles. The van der Waals surface area contributed by atoms with Crippen LogP contribution in [0.2, 0.25) is 0 Å². The summed E-state index contributed by atoms with van der Waals surface area (Å²) in [5, 5.41) is 7.94. The Balaban J connectivity index is 1.82. The van der Waals surface area contributed by atoms with Gasteiger partial charge < -0.3 is 10.3 Å². The van der Waals surface area contributed by atoms with Crippen molar-refractivity contribution in [3.05, 3.63) is 42.8 Å². The molecule has 18 heavy (non-hydrogen) atoms. The highest BCUT2D eigenvalue weighted by Crippen LogP contribution is 2.14. The highest BCUT2D eigenvalue weighted by Gasteiger charge is 2.09. The van der Waals surface area contributed by atoms with Crippen LogP contribution in [0.25, 0.3) is 11.4 Å². The summed E-state index contributed by atoms with van der Waals surface area (Å²) < 4.78 is 6.78. The van der Waals surface area contributed by atoms with E-state index in [1.165, 1.54) is 0 Å². The summed E-state index contributed by atoms with van der Waals surface area (Å²) in [5.41, 5.74) is 6.98. The lowest BCUT2D eigenvalue weighted by atomic mass is 10.3. The third-order valence-corrected chi connectivity index (χ3v) is 2.34. The number of nitrogens with zero attached hydrogens (tertiary/aromatic N) is 5. The number of hydrogen-bond acceptors (Lipinski definition) is 6. The zero-order chi connectivity index (χ0) is 12.4. The van der Waals surface area contributed by atoms with E-state index in [4.69, 9.17) is 10.3 Å². The van der Waals surface area contributed by atoms with Crippen LogP contribution in [0.1, 0.15) is 5.89 Å². The van der Waals surface area contributed by atoms with Gasteiger partial charge in [0.25, 0.3) is 0 Å². The van der Waals surface area contributed by atoms with Crippen molar-refractivity contribution in [2.45, 2.75) is 6.54 Å². The average molecular weight is 242 g/mol. The predicted octanol–water partition coefficient (Wildman–Crippen LogP) is 0.959. The van der Waals surface area contributed by atoms with Gasteiger partial charge in [-0.2, -0.15) is 10.1 Å². The highest BCUT2D eigenvalue weighted by atomic mass is 16.5. The van der Waals surface area contributed by atoms with Gasteiger partial charge in [-0.15, -0.1) is 0 Å². The molecule has 2 N–H and O–H groups in total. The van der Waals surface area contributed by atoms with Gasteiger partial charge >= 0.3 is 0 Å². The van der Waals surface area contributed by atoms with Crippen molar-refractivity contribution in [2.75, 3.05) is 5.73 Å². The largest absolute Gasteiger partial charge is 0.396 e. The molecule has 7 nitrogen and oxygen atoms in total. The number of nitrogen functional groups attached to an aromatic ring is 1. The fraction of sp³-hybridized carbons (Fsp3) is 0.0909. The van der Waals surface area contributed by atoms with Crippen LogP contribution in [0.3, 0.4) is 0 Å². The van der Waals surface area contributed by atoms with E-state index in [1.54, 1.807) is 29.5 Å². The number of rotatable bonds is 3. The van der Waals surface area contributed by atoms with Gasteiger partial charge in [0.05, 0.1) is 11.9 Å². The molecule has 3 aromatic rings. The fourth-order valence-electron chi connectivity index (χ4n) is 1.54. The van der Waals surface area contributed by atoms with E-state index < -0.39 is 0 Å². The van der Waals surface area contributed by atoms with Crippen LogP contribution >= 0.6 is 0 Å². The molecule has 0 radical (unpaired) electrons. The standard InChI is InChI=1S/C11H10N6O/c12-9-5-14-17(6-9)7-10-15-11(16-18-10)8-2-1-3-13-4-8/h1-6H,7,12H2. The molecule has 0 aliphatic carbocycles. The molecule has 3 heterocycles. The summed E-state index contributed by atoms with van der Waals surface area (Å²) in [6, 6.07) is 3.69. The fourth-order valence-corrected chi connectivity index (χ4v) is 1.54. The molecular formula is C11H10N6O. The second-order valence-electron chi connectivity index (χ2n) is 3.72. The Bertz CT molecular complexity index is 644. The van der Waals surface area contributed by atoms with Crippen LogP contribution in [0.5, 0.6) is 0 Å². The number of pyridine rings is 1. The third kappa shape index (κ3) is 2.05. The smallest absolute Gasteiger partial charge is 0.248 e.